The van der Waals surface area contributed by atoms with Gasteiger partial charge in [-0.25, -0.2) is 9.37 Å². The van der Waals surface area contributed by atoms with Gasteiger partial charge < -0.3 is 4.90 Å². The number of rotatable bonds is 2. The second kappa shape index (κ2) is 5.61. The zero-order valence-electron chi connectivity index (χ0n) is 9.80. The van der Waals surface area contributed by atoms with Crippen molar-refractivity contribution in [3.8, 4) is 0 Å². The van der Waals surface area contributed by atoms with Crippen molar-refractivity contribution in [2.24, 2.45) is 0 Å². The third kappa shape index (κ3) is 3.32. The van der Waals surface area contributed by atoms with Crippen LogP contribution >= 0.6 is 43.2 Å². The Balaban J connectivity index is 2.41. The van der Waals surface area contributed by atoms with Crippen LogP contribution in [0.4, 0.5) is 28.4 Å². The molecule has 0 saturated heterocycles. The summed E-state index contributed by atoms with van der Waals surface area (Å²) in [7, 11) is 1.52. The highest BCUT2D eigenvalue weighted by atomic mass is 79.9. The summed E-state index contributed by atoms with van der Waals surface area (Å²) >= 11 is 6.81. The Bertz CT molecular complexity index is 622. The molecule has 0 spiro atoms. The van der Waals surface area contributed by atoms with E-state index in [1.165, 1.54) is 24.1 Å². The van der Waals surface area contributed by atoms with E-state index in [9.17, 15) is 17.6 Å². The smallest absolute Gasteiger partial charge is 0.321 e. The predicted octanol–water partition coefficient (Wildman–Crippen LogP) is 5.59. The average Bonchev–Trinajstić information content (AvgIpc) is 2.68. The van der Waals surface area contributed by atoms with Gasteiger partial charge in [0, 0.05) is 17.2 Å². The van der Waals surface area contributed by atoms with Gasteiger partial charge in [0.05, 0.1) is 0 Å². The molecule has 0 radical (unpaired) electrons. The Kier molecular flexibility index (Phi) is 4.41. The largest absolute Gasteiger partial charge is 0.435 e. The fourth-order valence-corrected chi connectivity index (χ4v) is 3.45. The molecule has 2 aromatic rings. The van der Waals surface area contributed by atoms with Gasteiger partial charge in [0.15, 0.2) is 10.8 Å². The average molecular weight is 434 g/mol. The summed E-state index contributed by atoms with van der Waals surface area (Å²) in [6.45, 7) is 0. The first kappa shape index (κ1) is 15.7. The van der Waals surface area contributed by atoms with Crippen LogP contribution in [0.3, 0.4) is 0 Å². The van der Waals surface area contributed by atoms with Gasteiger partial charge in [-0.2, -0.15) is 13.2 Å². The molecule has 20 heavy (non-hydrogen) atoms. The van der Waals surface area contributed by atoms with Crippen LogP contribution in [0, 0.1) is 5.82 Å². The number of thiazole rings is 1. The lowest BCUT2D eigenvalue weighted by Gasteiger charge is -2.16. The standard InChI is InChI=1S/C11H6Br2F4N2S/c1-19(7-3-5(12)2-6(14)4-7)10-18-8(9(13)20-10)11(15,16)17/h2-4H,1H3. The SMILES string of the molecule is CN(c1cc(F)cc(Br)c1)c1nc(C(F)(F)F)c(Br)s1. The molecule has 0 saturated carbocycles. The Morgan fingerprint density at radius 2 is 1.85 bits per heavy atom. The highest BCUT2D eigenvalue weighted by molar-refractivity contribution is 9.11. The van der Waals surface area contributed by atoms with E-state index in [0.29, 0.717) is 10.2 Å². The zero-order chi connectivity index (χ0) is 15.1. The molecule has 2 nitrogen and oxygen atoms in total. The zero-order valence-corrected chi connectivity index (χ0v) is 13.8. The molecular formula is C11H6Br2F4N2S. The minimum Gasteiger partial charge on any atom is -0.321 e. The molecule has 0 amide bonds. The Labute approximate surface area is 132 Å². The molecule has 1 heterocycles. The lowest BCUT2D eigenvalue weighted by Crippen LogP contribution is -2.11. The van der Waals surface area contributed by atoms with Gasteiger partial charge in [0.1, 0.15) is 9.60 Å². The summed E-state index contributed by atoms with van der Waals surface area (Å²) in [4.78, 5) is 4.94. The van der Waals surface area contributed by atoms with Crippen molar-refractivity contribution in [1.82, 2.24) is 4.98 Å². The molecule has 9 heteroatoms. The molecule has 0 aliphatic carbocycles. The van der Waals surface area contributed by atoms with Crippen LogP contribution in [-0.2, 0) is 6.18 Å². The minimum atomic E-state index is -4.53. The van der Waals surface area contributed by atoms with Crippen molar-refractivity contribution in [3.63, 3.8) is 0 Å². The van der Waals surface area contributed by atoms with E-state index in [1.807, 2.05) is 0 Å². The van der Waals surface area contributed by atoms with Crippen LogP contribution in [0.25, 0.3) is 0 Å². The Hall–Kier alpha value is -0.670. The van der Waals surface area contributed by atoms with Crippen LogP contribution in [0.5, 0.6) is 0 Å². The van der Waals surface area contributed by atoms with E-state index in [4.69, 9.17) is 0 Å². The quantitative estimate of drug-likeness (QED) is 0.573. The molecule has 2 rings (SSSR count). The van der Waals surface area contributed by atoms with Gasteiger partial charge in [0.25, 0.3) is 0 Å². The molecule has 0 unspecified atom stereocenters. The summed E-state index contributed by atoms with van der Waals surface area (Å²) in [6.07, 6.45) is -4.53. The normalized spacial score (nSPS) is 11.8. The van der Waals surface area contributed by atoms with Gasteiger partial charge in [-0.3, -0.25) is 0 Å². The monoisotopic (exact) mass is 432 g/mol. The number of alkyl halides is 3. The third-order valence-corrected chi connectivity index (χ3v) is 4.60. The first-order chi connectivity index (χ1) is 9.18. The second-order valence-corrected chi connectivity index (χ2v) is 7.01. The highest BCUT2D eigenvalue weighted by Gasteiger charge is 2.37. The third-order valence-electron chi connectivity index (χ3n) is 2.36. The van der Waals surface area contributed by atoms with Crippen LogP contribution < -0.4 is 4.90 Å². The summed E-state index contributed by atoms with van der Waals surface area (Å²) in [5.74, 6) is -0.493. The van der Waals surface area contributed by atoms with Crippen molar-refractivity contribution >= 4 is 54.0 Å². The number of benzene rings is 1. The molecular weight excluding hydrogens is 428 g/mol. The minimum absolute atomic E-state index is 0.109. The second-order valence-electron chi connectivity index (χ2n) is 3.80. The van der Waals surface area contributed by atoms with Crippen LogP contribution in [0.1, 0.15) is 5.69 Å². The highest BCUT2D eigenvalue weighted by Crippen LogP contribution is 2.41. The molecule has 0 atom stereocenters. The molecule has 1 aromatic carbocycles. The van der Waals surface area contributed by atoms with Crippen molar-refractivity contribution in [2.75, 3.05) is 11.9 Å². The molecule has 0 aliphatic rings. The molecule has 108 valence electrons. The molecule has 0 aliphatic heterocycles. The fourth-order valence-electron chi connectivity index (χ4n) is 1.45. The number of hydrogen-bond donors (Lipinski definition) is 0. The Morgan fingerprint density at radius 1 is 1.20 bits per heavy atom. The number of halogens is 6. The maximum Gasteiger partial charge on any atom is 0.435 e. The summed E-state index contributed by atoms with van der Waals surface area (Å²) in [5, 5.41) is 0.113. The first-order valence-corrected chi connectivity index (χ1v) is 7.52. The lowest BCUT2D eigenvalue weighted by atomic mass is 10.3. The first-order valence-electron chi connectivity index (χ1n) is 5.12. The predicted molar refractivity (Wildman–Crippen MR) is 77.0 cm³/mol. The van der Waals surface area contributed by atoms with Gasteiger partial charge >= 0.3 is 6.18 Å². The van der Waals surface area contributed by atoms with Gasteiger partial charge in [0.2, 0.25) is 0 Å². The number of hydrogen-bond acceptors (Lipinski definition) is 3. The molecule has 0 bridgehead atoms. The topological polar surface area (TPSA) is 16.1 Å². The van der Waals surface area contributed by atoms with E-state index >= 15 is 0 Å². The van der Waals surface area contributed by atoms with Gasteiger partial charge in [-0.1, -0.05) is 27.3 Å². The van der Waals surface area contributed by atoms with E-state index in [0.717, 1.165) is 11.3 Å². The van der Waals surface area contributed by atoms with E-state index < -0.39 is 17.7 Å². The maximum absolute atomic E-state index is 13.3. The van der Waals surface area contributed by atoms with Gasteiger partial charge in [-0.15, -0.1) is 0 Å². The van der Waals surface area contributed by atoms with Crippen LogP contribution in [0.15, 0.2) is 26.5 Å². The van der Waals surface area contributed by atoms with E-state index in [-0.39, 0.29) is 8.92 Å². The van der Waals surface area contributed by atoms with Crippen molar-refractivity contribution in [2.45, 2.75) is 6.18 Å². The Morgan fingerprint density at radius 3 is 2.35 bits per heavy atom. The fraction of sp³-hybridized carbons (Fsp3) is 0.182. The van der Waals surface area contributed by atoms with Crippen molar-refractivity contribution < 1.29 is 17.6 Å². The molecule has 0 fully saturated rings. The van der Waals surface area contributed by atoms with Crippen LogP contribution in [-0.4, -0.2) is 12.0 Å². The number of aromatic nitrogens is 1. The summed E-state index contributed by atoms with van der Waals surface area (Å²) in [6, 6.07) is 4.06. The number of nitrogens with zero attached hydrogens (tertiary/aromatic N) is 2. The van der Waals surface area contributed by atoms with Crippen LogP contribution in [0.2, 0.25) is 0 Å². The molecule has 0 N–H and O–H groups in total. The number of anilines is 2. The van der Waals surface area contributed by atoms with E-state index in [1.54, 1.807) is 6.07 Å². The lowest BCUT2D eigenvalue weighted by molar-refractivity contribution is -0.141. The summed E-state index contributed by atoms with van der Waals surface area (Å²) in [5.41, 5.74) is -0.591. The summed E-state index contributed by atoms with van der Waals surface area (Å²) < 4.78 is 51.8. The van der Waals surface area contributed by atoms with E-state index in [2.05, 4.69) is 36.8 Å². The van der Waals surface area contributed by atoms with Gasteiger partial charge in [-0.05, 0) is 34.1 Å². The molecule has 1 aromatic heterocycles. The van der Waals surface area contributed by atoms with Crippen molar-refractivity contribution in [1.29, 1.82) is 0 Å². The maximum atomic E-state index is 13.3. The van der Waals surface area contributed by atoms with Crippen molar-refractivity contribution in [3.05, 3.63) is 38.0 Å².